The van der Waals surface area contributed by atoms with Crippen molar-refractivity contribution in [3.8, 4) is 5.75 Å². The molecule has 2 rings (SSSR count). The molecule has 116 valence electrons. The van der Waals surface area contributed by atoms with E-state index in [1.54, 1.807) is 43.1 Å². The SMILES string of the molecule is COc1ccc(C(=O)NCCSCc2ccc(Cl)cc2)cc1. The fourth-order valence-corrected chi connectivity index (χ4v) is 2.80. The van der Waals surface area contributed by atoms with Crippen molar-refractivity contribution < 1.29 is 9.53 Å². The average molecular weight is 336 g/mol. The largest absolute Gasteiger partial charge is 0.497 e. The van der Waals surface area contributed by atoms with E-state index in [1.165, 1.54) is 5.56 Å². The average Bonchev–Trinajstić information content (AvgIpc) is 2.56. The van der Waals surface area contributed by atoms with Crippen LogP contribution < -0.4 is 10.1 Å². The van der Waals surface area contributed by atoms with Crippen LogP contribution in [0.5, 0.6) is 5.75 Å². The summed E-state index contributed by atoms with van der Waals surface area (Å²) < 4.78 is 5.07. The number of halogens is 1. The van der Waals surface area contributed by atoms with Crippen LogP contribution in [-0.2, 0) is 5.75 Å². The van der Waals surface area contributed by atoms with E-state index in [9.17, 15) is 4.79 Å². The Kier molecular flexibility index (Phi) is 6.62. The molecule has 0 aromatic heterocycles. The molecule has 0 spiro atoms. The number of benzene rings is 2. The fraction of sp³-hybridized carbons (Fsp3) is 0.235. The predicted octanol–water partition coefficient (Wildman–Crippen LogP) is 4.01. The van der Waals surface area contributed by atoms with Crippen LogP contribution in [0.3, 0.4) is 0 Å². The monoisotopic (exact) mass is 335 g/mol. The highest BCUT2D eigenvalue weighted by Crippen LogP contribution is 2.15. The third-order valence-corrected chi connectivity index (χ3v) is 4.35. The van der Waals surface area contributed by atoms with E-state index in [0.717, 1.165) is 22.3 Å². The summed E-state index contributed by atoms with van der Waals surface area (Å²) in [7, 11) is 1.60. The van der Waals surface area contributed by atoms with Crippen molar-refractivity contribution in [1.82, 2.24) is 5.32 Å². The van der Waals surface area contributed by atoms with Crippen molar-refractivity contribution in [3.63, 3.8) is 0 Å². The quantitative estimate of drug-likeness (QED) is 0.777. The standard InChI is InChI=1S/C17H18ClNO2S/c1-21-16-8-4-14(5-9-16)17(20)19-10-11-22-12-13-2-6-15(18)7-3-13/h2-9H,10-12H2,1H3,(H,19,20). The second kappa shape index (κ2) is 8.71. The van der Waals surface area contributed by atoms with E-state index in [4.69, 9.17) is 16.3 Å². The van der Waals surface area contributed by atoms with Gasteiger partial charge in [-0.05, 0) is 42.0 Å². The van der Waals surface area contributed by atoms with Gasteiger partial charge in [-0.3, -0.25) is 4.79 Å². The van der Waals surface area contributed by atoms with Gasteiger partial charge in [0, 0.05) is 28.6 Å². The number of ether oxygens (including phenoxy) is 1. The Morgan fingerprint density at radius 1 is 1.14 bits per heavy atom. The summed E-state index contributed by atoms with van der Waals surface area (Å²) in [6.45, 7) is 0.642. The Morgan fingerprint density at radius 3 is 2.45 bits per heavy atom. The molecule has 0 saturated heterocycles. The first-order valence-electron chi connectivity index (χ1n) is 6.93. The Hall–Kier alpha value is -1.65. The third kappa shape index (κ3) is 5.28. The maximum atomic E-state index is 11.9. The molecule has 0 fully saturated rings. The summed E-state index contributed by atoms with van der Waals surface area (Å²) in [4.78, 5) is 11.9. The van der Waals surface area contributed by atoms with Crippen molar-refractivity contribution in [2.45, 2.75) is 5.75 Å². The lowest BCUT2D eigenvalue weighted by Crippen LogP contribution is -2.25. The Labute approximate surface area is 140 Å². The van der Waals surface area contributed by atoms with Crippen LogP contribution >= 0.6 is 23.4 Å². The molecule has 1 N–H and O–H groups in total. The van der Waals surface area contributed by atoms with Gasteiger partial charge in [0.2, 0.25) is 0 Å². The number of carbonyl (C=O) groups is 1. The molecular formula is C17H18ClNO2S. The highest BCUT2D eigenvalue weighted by molar-refractivity contribution is 7.98. The third-order valence-electron chi connectivity index (χ3n) is 3.07. The van der Waals surface area contributed by atoms with Crippen LogP contribution in [-0.4, -0.2) is 25.3 Å². The fourth-order valence-electron chi connectivity index (χ4n) is 1.85. The minimum atomic E-state index is -0.0604. The Bertz CT molecular complexity index is 599. The summed E-state index contributed by atoms with van der Waals surface area (Å²) in [6.07, 6.45) is 0. The highest BCUT2D eigenvalue weighted by Gasteiger charge is 2.04. The Morgan fingerprint density at radius 2 is 1.82 bits per heavy atom. The van der Waals surface area contributed by atoms with Crippen LogP contribution in [0.1, 0.15) is 15.9 Å². The van der Waals surface area contributed by atoms with E-state index in [0.29, 0.717) is 12.1 Å². The molecule has 0 bridgehead atoms. The number of thioether (sulfide) groups is 1. The number of nitrogens with one attached hydrogen (secondary N) is 1. The van der Waals surface area contributed by atoms with Gasteiger partial charge in [0.25, 0.3) is 5.91 Å². The van der Waals surface area contributed by atoms with Gasteiger partial charge >= 0.3 is 0 Å². The number of methoxy groups -OCH3 is 1. The van der Waals surface area contributed by atoms with Gasteiger partial charge in [-0.1, -0.05) is 23.7 Å². The summed E-state index contributed by atoms with van der Waals surface area (Å²) in [6, 6.07) is 14.9. The molecular weight excluding hydrogens is 318 g/mol. The molecule has 3 nitrogen and oxygen atoms in total. The zero-order valence-electron chi connectivity index (χ0n) is 12.3. The van der Waals surface area contributed by atoms with Crippen molar-refractivity contribution in [3.05, 3.63) is 64.7 Å². The number of amides is 1. The lowest BCUT2D eigenvalue weighted by molar-refractivity contribution is 0.0956. The molecule has 0 aliphatic rings. The number of hydrogen-bond donors (Lipinski definition) is 1. The maximum Gasteiger partial charge on any atom is 0.251 e. The molecule has 0 unspecified atom stereocenters. The Balaban J connectivity index is 1.67. The summed E-state index contributed by atoms with van der Waals surface area (Å²) in [5, 5.41) is 3.66. The van der Waals surface area contributed by atoms with Gasteiger partial charge in [-0.15, -0.1) is 0 Å². The van der Waals surface area contributed by atoms with E-state index in [2.05, 4.69) is 5.32 Å². The summed E-state index contributed by atoms with van der Waals surface area (Å²) >= 11 is 7.62. The van der Waals surface area contributed by atoms with Crippen molar-refractivity contribution in [2.75, 3.05) is 19.4 Å². The second-order valence-corrected chi connectivity index (χ2v) is 6.21. The topological polar surface area (TPSA) is 38.3 Å². The molecule has 1 amide bonds. The van der Waals surface area contributed by atoms with Gasteiger partial charge in [0.15, 0.2) is 0 Å². The van der Waals surface area contributed by atoms with Crippen molar-refractivity contribution >= 4 is 29.3 Å². The molecule has 0 aliphatic carbocycles. The van der Waals surface area contributed by atoms with Gasteiger partial charge in [0.1, 0.15) is 5.75 Å². The molecule has 0 radical (unpaired) electrons. The minimum absolute atomic E-state index is 0.0604. The van der Waals surface area contributed by atoms with E-state index in [-0.39, 0.29) is 5.91 Å². The van der Waals surface area contributed by atoms with Gasteiger partial charge in [-0.2, -0.15) is 11.8 Å². The summed E-state index contributed by atoms with van der Waals surface area (Å²) in [5.41, 5.74) is 1.87. The van der Waals surface area contributed by atoms with E-state index in [1.807, 2.05) is 24.3 Å². The van der Waals surface area contributed by atoms with Crippen molar-refractivity contribution in [2.24, 2.45) is 0 Å². The zero-order chi connectivity index (χ0) is 15.8. The molecule has 22 heavy (non-hydrogen) atoms. The first-order chi connectivity index (χ1) is 10.7. The first kappa shape index (κ1) is 16.7. The lowest BCUT2D eigenvalue weighted by Gasteiger charge is -2.06. The number of carbonyl (C=O) groups excluding carboxylic acids is 1. The first-order valence-corrected chi connectivity index (χ1v) is 8.47. The maximum absolute atomic E-state index is 11.9. The van der Waals surface area contributed by atoms with E-state index >= 15 is 0 Å². The second-order valence-electron chi connectivity index (χ2n) is 4.66. The predicted molar refractivity (Wildman–Crippen MR) is 92.9 cm³/mol. The molecule has 5 heteroatoms. The number of hydrogen-bond acceptors (Lipinski definition) is 3. The number of rotatable bonds is 7. The molecule has 0 atom stereocenters. The van der Waals surface area contributed by atoms with Gasteiger partial charge in [0.05, 0.1) is 7.11 Å². The van der Waals surface area contributed by atoms with Crippen LogP contribution in [0.2, 0.25) is 5.02 Å². The molecule has 0 heterocycles. The van der Waals surface area contributed by atoms with Crippen LogP contribution in [0.25, 0.3) is 0 Å². The van der Waals surface area contributed by atoms with Crippen LogP contribution in [0, 0.1) is 0 Å². The molecule has 0 aliphatic heterocycles. The van der Waals surface area contributed by atoms with Gasteiger partial charge < -0.3 is 10.1 Å². The molecule has 2 aromatic carbocycles. The normalized spacial score (nSPS) is 10.3. The molecule has 0 saturated carbocycles. The van der Waals surface area contributed by atoms with Crippen LogP contribution in [0.15, 0.2) is 48.5 Å². The van der Waals surface area contributed by atoms with Crippen LogP contribution in [0.4, 0.5) is 0 Å². The molecule has 2 aromatic rings. The lowest BCUT2D eigenvalue weighted by atomic mass is 10.2. The van der Waals surface area contributed by atoms with Crippen molar-refractivity contribution in [1.29, 1.82) is 0 Å². The van der Waals surface area contributed by atoms with Gasteiger partial charge in [-0.25, -0.2) is 0 Å². The summed E-state index contributed by atoms with van der Waals surface area (Å²) in [5.74, 6) is 2.46. The minimum Gasteiger partial charge on any atom is -0.497 e. The smallest absolute Gasteiger partial charge is 0.251 e. The zero-order valence-corrected chi connectivity index (χ0v) is 13.9. The highest BCUT2D eigenvalue weighted by atomic mass is 35.5. The van der Waals surface area contributed by atoms with E-state index < -0.39 is 0 Å².